The van der Waals surface area contributed by atoms with E-state index in [4.69, 9.17) is 0 Å². The molecule has 1 N–H and O–H groups in total. The summed E-state index contributed by atoms with van der Waals surface area (Å²) in [6.07, 6.45) is 4.36. The van der Waals surface area contributed by atoms with Gasteiger partial charge in [0.1, 0.15) is 0 Å². The van der Waals surface area contributed by atoms with Crippen LogP contribution in [0.25, 0.3) is 11.0 Å². The largest absolute Gasteiger partial charge is 0.352 e. The van der Waals surface area contributed by atoms with Gasteiger partial charge >= 0.3 is 0 Å². The average Bonchev–Trinajstić information content (AvgIpc) is 2.77. The van der Waals surface area contributed by atoms with Crippen LogP contribution in [0.1, 0.15) is 20.3 Å². The standard InChI is InChI=1S/C15H19N3O/c1-12(2)10-15(19)16-8-5-9-18-11-17-13-6-3-4-7-14(13)18/h3-4,6-7,10-11H,5,8-9H2,1-2H3,(H,16,19). The Morgan fingerprint density at radius 3 is 2.95 bits per heavy atom. The maximum absolute atomic E-state index is 11.4. The van der Waals surface area contributed by atoms with E-state index >= 15 is 0 Å². The summed E-state index contributed by atoms with van der Waals surface area (Å²) in [5.41, 5.74) is 3.16. The smallest absolute Gasteiger partial charge is 0.243 e. The van der Waals surface area contributed by atoms with Crippen LogP contribution in [0, 0.1) is 0 Å². The van der Waals surface area contributed by atoms with E-state index in [0.29, 0.717) is 6.54 Å². The number of hydrogen-bond donors (Lipinski definition) is 1. The Morgan fingerprint density at radius 2 is 2.16 bits per heavy atom. The van der Waals surface area contributed by atoms with Gasteiger partial charge in [0.2, 0.25) is 5.91 Å². The molecule has 4 nitrogen and oxygen atoms in total. The van der Waals surface area contributed by atoms with Crippen molar-refractivity contribution in [1.29, 1.82) is 0 Å². The third kappa shape index (κ3) is 3.68. The first-order valence-corrected chi connectivity index (χ1v) is 6.49. The molecule has 0 bridgehead atoms. The molecule has 100 valence electrons. The zero-order chi connectivity index (χ0) is 13.7. The zero-order valence-electron chi connectivity index (χ0n) is 11.4. The summed E-state index contributed by atoms with van der Waals surface area (Å²) in [5.74, 6) is -0.0181. The fraction of sp³-hybridized carbons (Fsp3) is 0.333. The topological polar surface area (TPSA) is 46.9 Å². The molecule has 1 heterocycles. The third-order valence-electron chi connectivity index (χ3n) is 2.82. The van der Waals surface area contributed by atoms with Gasteiger partial charge in [-0.05, 0) is 32.4 Å². The number of rotatable bonds is 5. The lowest BCUT2D eigenvalue weighted by Crippen LogP contribution is -2.23. The maximum Gasteiger partial charge on any atom is 0.243 e. The number of hydrogen-bond acceptors (Lipinski definition) is 2. The van der Waals surface area contributed by atoms with Crippen LogP contribution >= 0.6 is 0 Å². The Hall–Kier alpha value is -2.10. The highest BCUT2D eigenvalue weighted by atomic mass is 16.1. The molecule has 0 aliphatic carbocycles. The predicted octanol–water partition coefficient (Wildman–Crippen LogP) is 2.51. The number of fused-ring (bicyclic) bond motifs is 1. The molecule has 0 saturated heterocycles. The van der Waals surface area contributed by atoms with Crippen LogP contribution in [-0.2, 0) is 11.3 Å². The van der Waals surface area contributed by atoms with Crippen molar-refractivity contribution in [3.05, 3.63) is 42.2 Å². The minimum Gasteiger partial charge on any atom is -0.352 e. The van der Waals surface area contributed by atoms with Crippen molar-refractivity contribution >= 4 is 16.9 Å². The average molecular weight is 257 g/mol. The molecule has 0 atom stereocenters. The van der Waals surface area contributed by atoms with Crippen LogP contribution in [-0.4, -0.2) is 22.0 Å². The molecule has 0 unspecified atom stereocenters. The second kappa shape index (κ2) is 6.18. The van der Waals surface area contributed by atoms with Crippen molar-refractivity contribution in [2.24, 2.45) is 0 Å². The van der Waals surface area contributed by atoms with E-state index in [1.54, 1.807) is 6.08 Å². The lowest BCUT2D eigenvalue weighted by Gasteiger charge is -2.05. The van der Waals surface area contributed by atoms with E-state index in [1.165, 1.54) is 0 Å². The number of benzene rings is 1. The lowest BCUT2D eigenvalue weighted by molar-refractivity contribution is -0.116. The molecule has 0 spiro atoms. The second-order valence-corrected chi connectivity index (χ2v) is 4.79. The highest BCUT2D eigenvalue weighted by molar-refractivity contribution is 5.87. The van der Waals surface area contributed by atoms with Crippen LogP contribution in [0.3, 0.4) is 0 Å². The first kappa shape index (κ1) is 13.3. The number of nitrogens with one attached hydrogen (secondary N) is 1. The van der Waals surface area contributed by atoms with Gasteiger partial charge in [-0.1, -0.05) is 17.7 Å². The molecule has 4 heteroatoms. The lowest BCUT2D eigenvalue weighted by atomic mass is 10.3. The zero-order valence-corrected chi connectivity index (χ0v) is 11.4. The molecule has 0 saturated carbocycles. The minimum atomic E-state index is -0.0181. The van der Waals surface area contributed by atoms with Crippen molar-refractivity contribution in [2.75, 3.05) is 6.54 Å². The highest BCUT2D eigenvalue weighted by Crippen LogP contribution is 2.11. The van der Waals surface area contributed by atoms with Crippen LogP contribution in [0.5, 0.6) is 0 Å². The van der Waals surface area contributed by atoms with E-state index in [0.717, 1.165) is 29.6 Å². The molecule has 0 fully saturated rings. The molecular formula is C15H19N3O. The number of aryl methyl sites for hydroxylation is 1. The van der Waals surface area contributed by atoms with Crippen molar-refractivity contribution in [1.82, 2.24) is 14.9 Å². The fourth-order valence-electron chi connectivity index (χ4n) is 1.96. The summed E-state index contributed by atoms with van der Waals surface area (Å²) >= 11 is 0. The van der Waals surface area contributed by atoms with Crippen LogP contribution in [0.2, 0.25) is 0 Å². The number of aromatic nitrogens is 2. The van der Waals surface area contributed by atoms with Crippen molar-refractivity contribution in [3.63, 3.8) is 0 Å². The number of nitrogens with zero attached hydrogens (tertiary/aromatic N) is 2. The van der Waals surface area contributed by atoms with Crippen molar-refractivity contribution in [2.45, 2.75) is 26.8 Å². The monoisotopic (exact) mass is 257 g/mol. The van der Waals surface area contributed by atoms with Crippen LogP contribution in [0.15, 0.2) is 42.2 Å². The number of para-hydroxylation sites is 2. The molecule has 1 amide bonds. The molecule has 0 aliphatic rings. The van der Waals surface area contributed by atoms with Gasteiger partial charge in [-0.2, -0.15) is 0 Å². The summed E-state index contributed by atoms with van der Waals surface area (Å²) in [6.45, 7) is 5.36. The number of carbonyl (C=O) groups excluding carboxylic acids is 1. The minimum absolute atomic E-state index is 0.0181. The normalized spacial score (nSPS) is 10.4. The number of carbonyl (C=O) groups is 1. The SMILES string of the molecule is CC(C)=CC(=O)NCCCn1cnc2ccccc21. The van der Waals surface area contributed by atoms with Gasteiger partial charge < -0.3 is 9.88 Å². The van der Waals surface area contributed by atoms with Gasteiger partial charge in [-0.15, -0.1) is 0 Å². The molecule has 0 aliphatic heterocycles. The van der Waals surface area contributed by atoms with Gasteiger partial charge in [0.15, 0.2) is 0 Å². The molecular weight excluding hydrogens is 238 g/mol. The Bertz CT molecular complexity index is 594. The fourth-order valence-corrected chi connectivity index (χ4v) is 1.96. The van der Waals surface area contributed by atoms with Gasteiger partial charge in [0.05, 0.1) is 17.4 Å². The summed E-state index contributed by atoms with van der Waals surface area (Å²) in [7, 11) is 0. The predicted molar refractivity (Wildman–Crippen MR) is 76.8 cm³/mol. The summed E-state index contributed by atoms with van der Waals surface area (Å²) in [6, 6.07) is 8.06. The summed E-state index contributed by atoms with van der Waals surface area (Å²) in [4.78, 5) is 15.8. The van der Waals surface area contributed by atoms with E-state index < -0.39 is 0 Å². The Kier molecular flexibility index (Phi) is 4.34. The molecule has 2 rings (SSSR count). The Labute approximate surface area is 113 Å². The first-order valence-electron chi connectivity index (χ1n) is 6.49. The quantitative estimate of drug-likeness (QED) is 0.661. The van der Waals surface area contributed by atoms with Gasteiger partial charge in [0.25, 0.3) is 0 Å². The van der Waals surface area contributed by atoms with Crippen LogP contribution in [0.4, 0.5) is 0 Å². The van der Waals surface area contributed by atoms with E-state index in [9.17, 15) is 4.79 Å². The molecule has 19 heavy (non-hydrogen) atoms. The summed E-state index contributed by atoms with van der Waals surface area (Å²) < 4.78 is 2.11. The van der Waals surface area contributed by atoms with Gasteiger partial charge in [-0.3, -0.25) is 4.79 Å². The Morgan fingerprint density at radius 1 is 1.37 bits per heavy atom. The first-order chi connectivity index (χ1) is 9.16. The second-order valence-electron chi connectivity index (χ2n) is 4.79. The third-order valence-corrected chi connectivity index (χ3v) is 2.82. The van der Waals surface area contributed by atoms with Gasteiger partial charge in [0, 0.05) is 19.2 Å². The van der Waals surface area contributed by atoms with Crippen LogP contribution < -0.4 is 5.32 Å². The van der Waals surface area contributed by atoms with Crippen molar-refractivity contribution < 1.29 is 4.79 Å². The van der Waals surface area contributed by atoms with E-state index in [-0.39, 0.29) is 5.91 Å². The molecule has 1 aromatic carbocycles. The highest BCUT2D eigenvalue weighted by Gasteiger charge is 2.01. The maximum atomic E-state index is 11.4. The van der Waals surface area contributed by atoms with Crippen molar-refractivity contribution in [3.8, 4) is 0 Å². The molecule has 1 aromatic heterocycles. The van der Waals surface area contributed by atoms with E-state index in [2.05, 4.69) is 20.9 Å². The number of amides is 1. The molecule has 2 aromatic rings. The molecule has 0 radical (unpaired) electrons. The van der Waals surface area contributed by atoms with Gasteiger partial charge in [-0.25, -0.2) is 4.98 Å². The Balaban J connectivity index is 1.83. The number of allylic oxidation sites excluding steroid dienone is 1. The summed E-state index contributed by atoms with van der Waals surface area (Å²) in [5, 5.41) is 2.88. The number of imidazole rings is 1. The van der Waals surface area contributed by atoms with E-state index in [1.807, 2.05) is 38.4 Å².